The van der Waals surface area contributed by atoms with Gasteiger partial charge in [-0.05, 0) is 31.4 Å². The molecular formula is C17H29NO. The minimum Gasteiger partial charge on any atom is -0.396 e. The van der Waals surface area contributed by atoms with E-state index in [0.717, 1.165) is 19.4 Å². The van der Waals surface area contributed by atoms with Gasteiger partial charge in [0.2, 0.25) is 0 Å². The molecule has 1 rings (SSSR count). The standard InChI is InChI=1S/C17H29NO/c1-2-3-13-17(16-11-7-6-8-12-16)18-14-9-4-5-10-15-19/h6-8,11-12,17-19H,2-5,9-10,13-15H2,1H3. The topological polar surface area (TPSA) is 32.3 Å². The lowest BCUT2D eigenvalue weighted by molar-refractivity contribution is 0.282. The quantitative estimate of drug-likeness (QED) is 0.590. The Labute approximate surface area is 118 Å². The van der Waals surface area contributed by atoms with Crippen molar-refractivity contribution >= 4 is 0 Å². The van der Waals surface area contributed by atoms with Crippen molar-refractivity contribution in [2.75, 3.05) is 13.2 Å². The van der Waals surface area contributed by atoms with Crippen LogP contribution in [0.5, 0.6) is 0 Å². The molecule has 0 saturated heterocycles. The lowest BCUT2D eigenvalue weighted by atomic mass is 10.0. The normalized spacial score (nSPS) is 12.5. The first-order chi connectivity index (χ1) is 9.38. The van der Waals surface area contributed by atoms with Crippen molar-refractivity contribution in [1.29, 1.82) is 0 Å². The van der Waals surface area contributed by atoms with Gasteiger partial charge in [0.1, 0.15) is 0 Å². The summed E-state index contributed by atoms with van der Waals surface area (Å²) in [5.41, 5.74) is 1.41. The van der Waals surface area contributed by atoms with E-state index in [2.05, 4.69) is 42.6 Å². The number of aliphatic hydroxyl groups excluding tert-OH is 1. The molecule has 0 spiro atoms. The molecule has 0 bridgehead atoms. The fourth-order valence-corrected chi connectivity index (χ4v) is 2.35. The third kappa shape index (κ3) is 7.34. The molecule has 0 saturated carbocycles. The Morgan fingerprint density at radius 1 is 1.00 bits per heavy atom. The van der Waals surface area contributed by atoms with Gasteiger partial charge in [-0.2, -0.15) is 0 Å². The minimum absolute atomic E-state index is 0.330. The van der Waals surface area contributed by atoms with E-state index in [0.29, 0.717) is 12.6 Å². The summed E-state index contributed by atoms with van der Waals surface area (Å²) < 4.78 is 0. The van der Waals surface area contributed by atoms with Crippen LogP contribution in [-0.2, 0) is 0 Å². The van der Waals surface area contributed by atoms with Gasteiger partial charge in [-0.25, -0.2) is 0 Å². The van der Waals surface area contributed by atoms with Gasteiger partial charge in [-0.1, -0.05) is 62.9 Å². The maximum Gasteiger partial charge on any atom is 0.0431 e. The van der Waals surface area contributed by atoms with Crippen molar-refractivity contribution in [2.24, 2.45) is 0 Å². The Morgan fingerprint density at radius 2 is 1.74 bits per heavy atom. The molecule has 1 unspecified atom stereocenters. The molecule has 0 aliphatic heterocycles. The first kappa shape index (κ1) is 16.2. The Bertz CT molecular complexity index is 299. The van der Waals surface area contributed by atoms with E-state index in [1.165, 1.54) is 37.7 Å². The van der Waals surface area contributed by atoms with Gasteiger partial charge in [0.25, 0.3) is 0 Å². The Hall–Kier alpha value is -0.860. The summed E-state index contributed by atoms with van der Waals surface area (Å²) in [4.78, 5) is 0. The second-order valence-corrected chi connectivity index (χ2v) is 5.20. The number of unbranched alkanes of at least 4 members (excludes halogenated alkanes) is 4. The molecule has 2 heteroatoms. The van der Waals surface area contributed by atoms with Crippen molar-refractivity contribution in [3.63, 3.8) is 0 Å². The molecule has 19 heavy (non-hydrogen) atoms. The molecule has 2 N–H and O–H groups in total. The van der Waals surface area contributed by atoms with Gasteiger partial charge < -0.3 is 10.4 Å². The number of hydrogen-bond donors (Lipinski definition) is 2. The number of rotatable bonds is 11. The van der Waals surface area contributed by atoms with Gasteiger partial charge in [-0.3, -0.25) is 0 Å². The predicted octanol–water partition coefficient (Wildman–Crippen LogP) is 4.06. The van der Waals surface area contributed by atoms with Crippen LogP contribution in [0.3, 0.4) is 0 Å². The molecule has 1 aromatic rings. The van der Waals surface area contributed by atoms with Crippen LogP contribution in [-0.4, -0.2) is 18.3 Å². The fourth-order valence-electron chi connectivity index (χ4n) is 2.35. The highest BCUT2D eigenvalue weighted by Gasteiger charge is 2.09. The van der Waals surface area contributed by atoms with Gasteiger partial charge in [0.15, 0.2) is 0 Å². The van der Waals surface area contributed by atoms with E-state index >= 15 is 0 Å². The largest absolute Gasteiger partial charge is 0.396 e. The molecule has 0 aliphatic carbocycles. The number of benzene rings is 1. The first-order valence-electron chi connectivity index (χ1n) is 7.77. The average molecular weight is 263 g/mol. The molecule has 0 radical (unpaired) electrons. The van der Waals surface area contributed by atoms with E-state index in [9.17, 15) is 0 Å². The molecule has 1 aromatic carbocycles. The zero-order chi connectivity index (χ0) is 13.8. The van der Waals surface area contributed by atoms with Gasteiger partial charge in [0, 0.05) is 12.6 Å². The van der Waals surface area contributed by atoms with Gasteiger partial charge >= 0.3 is 0 Å². The summed E-state index contributed by atoms with van der Waals surface area (Å²) in [5.74, 6) is 0. The minimum atomic E-state index is 0.330. The Balaban J connectivity index is 2.30. The fraction of sp³-hybridized carbons (Fsp3) is 0.647. The third-order valence-corrected chi connectivity index (χ3v) is 3.52. The molecular weight excluding hydrogens is 234 g/mol. The van der Waals surface area contributed by atoms with Crippen LogP contribution in [0.15, 0.2) is 30.3 Å². The van der Waals surface area contributed by atoms with Crippen molar-refractivity contribution < 1.29 is 5.11 Å². The van der Waals surface area contributed by atoms with E-state index in [1.807, 2.05) is 0 Å². The summed E-state index contributed by atoms with van der Waals surface area (Å²) in [5, 5.41) is 12.4. The van der Waals surface area contributed by atoms with Crippen molar-refractivity contribution in [2.45, 2.75) is 57.9 Å². The molecule has 0 amide bonds. The van der Waals surface area contributed by atoms with Crippen LogP contribution < -0.4 is 5.32 Å². The smallest absolute Gasteiger partial charge is 0.0431 e. The van der Waals surface area contributed by atoms with E-state index in [-0.39, 0.29) is 0 Å². The van der Waals surface area contributed by atoms with Crippen molar-refractivity contribution in [3.05, 3.63) is 35.9 Å². The highest BCUT2D eigenvalue weighted by molar-refractivity contribution is 5.18. The zero-order valence-corrected chi connectivity index (χ0v) is 12.3. The van der Waals surface area contributed by atoms with E-state index in [4.69, 9.17) is 5.11 Å². The summed E-state index contributed by atoms with van der Waals surface area (Å²) in [6.45, 7) is 3.65. The average Bonchev–Trinajstić information content (AvgIpc) is 2.46. The monoisotopic (exact) mass is 263 g/mol. The maximum atomic E-state index is 8.74. The molecule has 0 heterocycles. The number of nitrogens with one attached hydrogen (secondary N) is 1. The van der Waals surface area contributed by atoms with Crippen molar-refractivity contribution in [3.8, 4) is 0 Å². The second-order valence-electron chi connectivity index (χ2n) is 5.20. The van der Waals surface area contributed by atoms with Crippen LogP contribution in [0.2, 0.25) is 0 Å². The van der Waals surface area contributed by atoms with Crippen LogP contribution in [0.25, 0.3) is 0 Å². The summed E-state index contributed by atoms with van der Waals surface area (Å²) in [6, 6.07) is 11.3. The molecule has 0 aromatic heterocycles. The second kappa shape index (κ2) is 11.0. The van der Waals surface area contributed by atoms with Gasteiger partial charge in [-0.15, -0.1) is 0 Å². The zero-order valence-electron chi connectivity index (χ0n) is 12.3. The molecule has 2 nitrogen and oxygen atoms in total. The van der Waals surface area contributed by atoms with Crippen LogP contribution in [0, 0.1) is 0 Å². The first-order valence-corrected chi connectivity index (χ1v) is 7.77. The lowest BCUT2D eigenvalue weighted by Crippen LogP contribution is -2.22. The van der Waals surface area contributed by atoms with Crippen LogP contribution >= 0.6 is 0 Å². The summed E-state index contributed by atoms with van der Waals surface area (Å²) in [6.07, 6.45) is 8.25. The SMILES string of the molecule is CCCCC(NCCCCCCO)c1ccccc1. The maximum absolute atomic E-state index is 8.74. The summed E-state index contributed by atoms with van der Waals surface area (Å²) in [7, 11) is 0. The van der Waals surface area contributed by atoms with E-state index in [1.54, 1.807) is 0 Å². The lowest BCUT2D eigenvalue weighted by Gasteiger charge is -2.19. The molecule has 0 fully saturated rings. The highest BCUT2D eigenvalue weighted by atomic mass is 16.2. The molecule has 0 aliphatic rings. The highest BCUT2D eigenvalue weighted by Crippen LogP contribution is 2.19. The van der Waals surface area contributed by atoms with E-state index < -0.39 is 0 Å². The molecule has 108 valence electrons. The number of hydrogen-bond acceptors (Lipinski definition) is 2. The third-order valence-electron chi connectivity index (χ3n) is 3.52. The van der Waals surface area contributed by atoms with Crippen molar-refractivity contribution in [1.82, 2.24) is 5.32 Å². The Morgan fingerprint density at radius 3 is 2.42 bits per heavy atom. The Kier molecular flexibility index (Phi) is 9.38. The summed E-state index contributed by atoms with van der Waals surface area (Å²) >= 11 is 0. The molecule has 1 atom stereocenters. The van der Waals surface area contributed by atoms with Crippen LogP contribution in [0.4, 0.5) is 0 Å². The van der Waals surface area contributed by atoms with Crippen LogP contribution in [0.1, 0.15) is 63.5 Å². The number of aliphatic hydroxyl groups is 1. The predicted molar refractivity (Wildman–Crippen MR) is 82.3 cm³/mol. The van der Waals surface area contributed by atoms with Gasteiger partial charge in [0.05, 0.1) is 0 Å².